The summed E-state index contributed by atoms with van der Waals surface area (Å²) in [6, 6.07) is 10.8. The number of para-hydroxylation sites is 1. The fourth-order valence-electron chi connectivity index (χ4n) is 3.25. The summed E-state index contributed by atoms with van der Waals surface area (Å²) in [6.07, 6.45) is 0. The van der Waals surface area contributed by atoms with E-state index in [1.54, 1.807) is 56.4 Å². The summed E-state index contributed by atoms with van der Waals surface area (Å²) in [5, 5.41) is 3.64. The molecule has 7 nitrogen and oxygen atoms in total. The number of ether oxygens (including phenoxy) is 3. The smallest absolute Gasteiger partial charge is 0.338 e. The maximum absolute atomic E-state index is 13.0. The van der Waals surface area contributed by atoms with Crippen LogP contribution in [0, 0.1) is 0 Å². The van der Waals surface area contributed by atoms with E-state index in [0.717, 1.165) is 0 Å². The highest BCUT2D eigenvalue weighted by atomic mass is 35.5. The highest BCUT2D eigenvalue weighted by Crippen LogP contribution is 2.36. The molecule has 2 aromatic rings. The van der Waals surface area contributed by atoms with Gasteiger partial charge in [-0.2, -0.15) is 0 Å². The lowest BCUT2D eigenvalue weighted by atomic mass is 9.94. The molecule has 0 radical (unpaired) electrons. The molecule has 0 spiro atoms. The fraction of sp³-hybridized carbons (Fsp3) is 0.273. The number of rotatable bonds is 7. The Balaban J connectivity index is 2.09. The molecular formula is C22H22Cl2N2O5. The van der Waals surface area contributed by atoms with Crippen LogP contribution < -0.4 is 14.8 Å². The molecule has 3 rings (SSSR count). The van der Waals surface area contributed by atoms with Crippen LogP contribution in [0.3, 0.4) is 0 Å². The van der Waals surface area contributed by atoms with Gasteiger partial charge < -0.3 is 19.5 Å². The number of hydrogen-bond donors (Lipinski definition) is 1. The molecule has 31 heavy (non-hydrogen) atoms. The number of hydrogen-bond acceptors (Lipinski definition) is 5. The fourth-order valence-corrected chi connectivity index (χ4v) is 3.59. The van der Waals surface area contributed by atoms with E-state index in [-0.39, 0.29) is 18.8 Å². The van der Waals surface area contributed by atoms with Crippen molar-refractivity contribution < 1.29 is 23.8 Å². The van der Waals surface area contributed by atoms with Gasteiger partial charge in [0.25, 0.3) is 0 Å². The lowest BCUT2D eigenvalue weighted by Crippen LogP contribution is -2.48. The molecule has 1 heterocycles. The monoisotopic (exact) mass is 464 g/mol. The number of nitrogens with one attached hydrogen (secondary N) is 1. The first-order valence-corrected chi connectivity index (χ1v) is 10.3. The van der Waals surface area contributed by atoms with Crippen molar-refractivity contribution in [1.29, 1.82) is 0 Å². The minimum Gasteiger partial charge on any atom is -0.496 e. The Bertz CT molecular complexity index is 1020. The number of carbonyl (C=O) groups is 2. The van der Waals surface area contributed by atoms with Crippen molar-refractivity contribution in [3.05, 3.63) is 69.3 Å². The van der Waals surface area contributed by atoms with E-state index in [1.807, 2.05) is 0 Å². The second-order valence-electron chi connectivity index (χ2n) is 6.63. The molecule has 0 fully saturated rings. The van der Waals surface area contributed by atoms with Crippen LogP contribution in [0.25, 0.3) is 0 Å². The first-order valence-electron chi connectivity index (χ1n) is 9.52. The number of carbonyl (C=O) groups excluding carboxylic acids is 2. The average molecular weight is 465 g/mol. The SMILES string of the molecule is CCOC(=O)C1=C(COc2cc(Cl)ccc2Cl)N(C)C(=O)NC1c1ccccc1OC. The van der Waals surface area contributed by atoms with Gasteiger partial charge in [0.2, 0.25) is 0 Å². The standard InChI is InChI=1S/C22H22Cl2N2O5/c1-4-30-21(27)19-16(12-31-18-11-13(23)9-10-15(18)24)26(2)22(28)25-20(19)14-7-5-6-8-17(14)29-3/h5-11,20H,4,12H2,1-3H3,(H,25,28). The Hall–Kier alpha value is -2.90. The van der Waals surface area contributed by atoms with Gasteiger partial charge in [-0.15, -0.1) is 0 Å². The third-order valence-corrected chi connectivity index (χ3v) is 5.33. The van der Waals surface area contributed by atoms with Gasteiger partial charge in [-0.3, -0.25) is 4.90 Å². The molecule has 0 bridgehead atoms. The summed E-state index contributed by atoms with van der Waals surface area (Å²) in [5.74, 6) is 0.288. The maximum Gasteiger partial charge on any atom is 0.338 e. The van der Waals surface area contributed by atoms with Gasteiger partial charge in [-0.25, -0.2) is 9.59 Å². The molecule has 1 aliphatic heterocycles. The van der Waals surface area contributed by atoms with Crippen LogP contribution in [0.1, 0.15) is 18.5 Å². The lowest BCUT2D eigenvalue weighted by Gasteiger charge is -2.34. The van der Waals surface area contributed by atoms with Gasteiger partial charge >= 0.3 is 12.0 Å². The van der Waals surface area contributed by atoms with Gasteiger partial charge in [0, 0.05) is 23.7 Å². The Morgan fingerprint density at radius 1 is 1.16 bits per heavy atom. The molecule has 0 saturated carbocycles. The van der Waals surface area contributed by atoms with E-state index in [4.69, 9.17) is 37.4 Å². The van der Waals surface area contributed by atoms with Crippen molar-refractivity contribution in [2.75, 3.05) is 27.4 Å². The molecule has 1 aliphatic rings. The Morgan fingerprint density at radius 3 is 2.61 bits per heavy atom. The van der Waals surface area contributed by atoms with Crippen molar-refractivity contribution >= 4 is 35.2 Å². The van der Waals surface area contributed by atoms with Crippen LogP contribution in [0.4, 0.5) is 4.79 Å². The van der Waals surface area contributed by atoms with Crippen molar-refractivity contribution in [2.24, 2.45) is 0 Å². The van der Waals surface area contributed by atoms with E-state index in [1.165, 1.54) is 12.0 Å². The summed E-state index contributed by atoms with van der Waals surface area (Å²) in [4.78, 5) is 27.0. The van der Waals surface area contributed by atoms with Crippen molar-refractivity contribution in [2.45, 2.75) is 13.0 Å². The molecule has 164 valence electrons. The molecular weight excluding hydrogens is 443 g/mol. The van der Waals surface area contributed by atoms with E-state index < -0.39 is 18.0 Å². The van der Waals surface area contributed by atoms with Crippen LogP contribution in [0.15, 0.2) is 53.7 Å². The molecule has 0 saturated heterocycles. The molecule has 1 atom stereocenters. The van der Waals surface area contributed by atoms with Gasteiger partial charge in [0.1, 0.15) is 18.1 Å². The number of benzene rings is 2. The molecule has 9 heteroatoms. The highest BCUT2D eigenvalue weighted by molar-refractivity contribution is 6.34. The second-order valence-corrected chi connectivity index (χ2v) is 7.47. The van der Waals surface area contributed by atoms with Crippen LogP contribution >= 0.6 is 23.2 Å². The van der Waals surface area contributed by atoms with Crippen LogP contribution in [-0.2, 0) is 9.53 Å². The van der Waals surface area contributed by atoms with Crippen molar-refractivity contribution in [1.82, 2.24) is 10.2 Å². The van der Waals surface area contributed by atoms with Gasteiger partial charge in [-0.05, 0) is 25.1 Å². The first kappa shape index (κ1) is 22.8. The molecule has 0 aromatic heterocycles. The number of urea groups is 1. The first-order chi connectivity index (χ1) is 14.9. The topological polar surface area (TPSA) is 77.1 Å². The predicted molar refractivity (Wildman–Crippen MR) is 118 cm³/mol. The van der Waals surface area contributed by atoms with Crippen molar-refractivity contribution in [3.63, 3.8) is 0 Å². The predicted octanol–water partition coefficient (Wildman–Crippen LogP) is 4.59. The lowest BCUT2D eigenvalue weighted by molar-refractivity contribution is -0.139. The van der Waals surface area contributed by atoms with Gasteiger partial charge in [0.05, 0.1) is 36.1 Å². The zero-order valence-corrected chi connectivity index (χ0v) is 18.8. The highest BCUT2D eigenvalue weighted by Gasteiger charge is 2.38. The number of amides is 2. The molecule has 1 unspecified atom stereocenters. The average Bonchev–Trinajstić information content (AvgIpc) is 2.76. The Labute approximate surface area is 190 Å². The second kappa shape index (κ2) is 9.94. The number of nitrogens with zero attached hydrogens (tertiary/aromatic N) is 1. The summed E-state index contributed by atoms with van der Waals surface area (Å²) in [5.41, 5.74) is 1.20. The van der Waals surface area contributed by atoms with Crippen LogP contribution in [0.5, 0.6) is 11.5 Å². The third kappa shape index (κ3) is 4.89. The molecule has 2 amide bonds. The van der Waals surface area contributed by atoms with Gasteiger partial charge in [-0.1, -0.05) is 41.4 Å². The number of halogens is 2. The van der Waals surface area contributed by atoms with Gasteiger partial charge in [0.15, 0.2) is 0 Å². The maximum atomic E-state index is 13.0. The third-order valence-electron chi connectivity index (χ3n) is 4.78. The Kier molecular flexibility index (Phi) is 7.30. The molecule has 1 N–H and O–H groups in total. The number of likely N-dealkylation sites (N-methyl/N-ethyl adjacent to an activating group) is 1. The van der Waals surface area contributed by atoms with Crippen molar-refractivity contribution in [3.8, 4) is 11.5 Å². The minimum atomic E-state index is -0.785. The summed E-state index contributed by atoms with van der Waals surface area (Å²) >= 11 is 12.2. The number of esters is 1. The zero-order chi connectivity index (χ0) is 22.5. The van der Waals surface area contributed by atoms with E-state index in [0.29, 0.717) is 32.8 Å². The van der Waals surface area contributed by atoms with E-state index in [9.17, 15) is 9.59 Å². The van der Waals surface area contributed by atoms with E-state index >= 15 is 0 Å². The Morgan fingerprint density at radius 2 is 1.90 bits per heavy atom. The minimum absolute atomic E-state index is 0.107. The quantitative estimate of drug-likeness (QED) is 0.606. The van der Waals surface area contributed by atoms with Crippen LogP contribution in [0.2, 0.25) is 10.0 Å². The summed E-state index contributed by atoms with van der Waals surface area (Å²) in [7, 11) is 3.07. The molecule has 2 aromatic carbocycles. The summed E-state index contributed by atoms with van der Waals surface area (Å²) < 4.78 is 16.6. The number of methoxy groups -OCH3 is 1. The van der Waals surface area contributed by atoms with Crippen LogP contribution in [-0.4, -0.2) is 44.3 Å². The molecule has 0 aliphatic carbocycles. The summed E-state index contributed by atoms with van der Waals surface area (Å²) in [6.45, 7) is 1.78. The largest absolute Gasteiger partial charge is 0.496 e. The normalized spacial score (nSPS) is 16.1. The van der Waals surface area contributed by atoms with E-state index in [2.05, 4.69) is 5.32 Å². The zero-order valence-electron chi connectivity index (χ0n) is 17.3.